The predicted octanol–water partition coefficient (Wildman–Crippen LogP) is 3.01. The van der Waals surface area contributed by atoms with Crippen LogP contribution in [0.1, 0.15) is 29.8 Å². The number of Topliss-reactive ketones (excluding diaryl/α,β-unsaturated/α-hetero) is 1. The fourth-order valence-corrected chi connectivity index (χ4v) is 1.40. The third-order valence-corrected chi connectivity index (χ3v) is 1.99. The zero-order chi connectivity index (χ0) is 9.84. The molecular formula is C12H14O. The van der Waals surface area contributed by atoms with Gasteiger partial charge in [0.25, 0.3) is 0 Å². The molecule has 0 saturated carbocycles. The summed E-state index contributed by atoms with van der Waals surface area (Å²) in [6, 6.07) is 7.67. The van der Waals surface area contributed by atoms with Crippen molar-refractivity contribution in [2.75, 3.05) is 0 Å². The van der Waals surface area contributed by atoms with E-state index in [0.29, 0.717) is 5.57 Å². The second-order valence-corrected chi connectivity index (χ2v) is 2.77. The zero-order valence-electron chi connectivity index (χ0n) is 8.13. The first-order valence-corrected chi connectivity index (χ1v) is 4.59. The fraction of sp³-hybridized carbons (Fsp3) is 0.250. The molecule has 0 radical (unpaired) electrons. The number of hydrogen-bond acceptors (Lipinski definition) is 1. The number of ketones is 1. The summed E-state index contributed by atoms with van der Waals surface area (Å²) >= 11 is 0. The normalized spacial score (nSPS) is 13.4. The first kappa shape index (κ1) is 9.72. The van der Waals surface area contributed by atoms with Crippen LogP contribution in [0.5, 0.6) is 0 Å². The Bertz CT molecular complexity index is 337. The highest BCUT2D eigenvalue weighted by Gasteiger charge is 2.21. The van der Waals surface area contributed by atoms with Crippen LogP contribution in [-0.4, -0.2) is 5.78 Å². The van der Waals surface area contributed by atoms with Crippen molar-refractivity contribution in [2.24, 2.45) is 0 Å². The van der Waals surface area contributed by atoms with E-state index in [1.54, 1.807) is 0 Å². The average Bonchev–Trinajstić information content (AvgIpc) is 2.47. The molecule has 0 aliphatic heterocycles. The van der Waals surface area contributed by atoms with E-state index in [2.05, 4.69) is 6.58 Å². The summed E-state index contributed by atoms with van der Waals surface area (Å²) in [6.45, 7) is 7.70. The van der Waals surface area contributed by atoms with Crippen LogP contribution >= 0.6 is 0 Å². The van der Waals surface area contributed by atoms with Crippen LogP contribution in [0, 0.1) is 0 Å². The maximum absolute atomic E-state index is 11.3. The van der Waals surface area contributed by atoms with E-state index >= 15 is 0 Å². The van der Waals surface area contributed by atoms with E-state index < -0.39 is 0 Å². The first-order valence-electron chi connectivity index (χ1n) is 4.59. The molecule has 0 spiro atoms. The Balaban J connectivity index is 0.000000396. The van der Waals surface area contributed by atoms with Gasteiger partial charge in [0.2, 0.25) is 0 Å². The Labute approximate surface area is 79.1 Å². The summed E-state index contributed by atoms with van der Waals surface area (Å²) in [5.41, 5.74) is 2.66. The quantitative estimate of drug-likeness (QED) is 0.552. The van der Waals surface area contributed by atoms with Crippen molar-refractivity contribution in [3.63, 3.8) is 0 Å². The molecule has 1 aromatic rings. The highest BCUT2D eigenvalue weighted by molar-refractivity contribution is 6.12. The molecule has 0 atom stereocenters. The standard InChI is InChI=1S/C10H8O.C2H6/c1-7-6-8-4-2-3-5-9(8)10(7)11;1-2/h2-5H,1,6H2;1-2H3. The van der Waals surface area contributed by atoms with E-state index in [1.807, 2.05) is 38.1 Å². The summed E-state index contributed by atoms with van der Waals surface area (Å²) in [5, 5.41) is 0. The van der Waals surface area contributed by atoms with Crippen molar-refractivity contribution in [3.05, 3.63) is 47.5 Å². The molecule has 1 aromatic carbocycles. The second-order valence-electron chi connectivity index (χ2n) is 2.77. The monoisotopic (exact) mass is 174 g/mol. The van der Waals surface area contributed by atoms with Gasteiger partial charge < -0.3 is 0 Å². The van der Waals surface area contributed by atoms with E-state index in [0.717, 1.165) is 17.5 Å². The van der Waals surface area contributed by atoms with Gasteiger partial charge in [-0.15, -0.1) is 0 Å². The number of carbonyl (C=O) groups is 1. The number of rotatable bonds is 0. The van der Waals surface area contributed by atoms with Crippen LogP contribution < -0.4 is 0 Å². The maximum atomic E-state index is 11.3. The lowest BCUT2D eigenvalue weighted by Gasteiger charge is -1.91. The molecule has 1 aliphatic rings. The van der Waals surface area contributed by atoms with Gasteiger partial charge in [0.05, 0.1) is 0 Å². The number of fused-ring (bicyclic) bond motifs is 1. The molecule has 0 bridgehead atoms. The van der Waals surface area contributed by atoms with Crippen LogP contribution in [0.2, 0.25) is 0 Å². The van der Waals surface area contributed by atoms with Gasteiger partial charge in [-0.25, -0.2) is 0 Å². The van der Waals surface area contributed by atoms with Crippen LogP contribution in [0.25, 0.3) is 0 Å². The maximum Gasteiger partial charge on any atom is 0.189 e. The van der Waals surface area contributed by atoms with Crippen LogP contribution in [0.4, 0.5) is 0 Å². The minimum absolute atomic E-state index is 0.112. The third-order valence-electron chi connectivity index (χ3n) is 1.99. The molecule has 0 N–H and O–H groups in total. The molecule has 0 saturated heterocycles. The van der Waals surface area contributed by atoms with Gasteiger partial charge >= 0.3 is 0 Å². The molecule has 1 nitrogen and oxygen atoms in total. The molecule has 0 heterocycles. The van der Waals surface area contributed by atoms with Crippen molar-refractivity contribution in [1.29, 1.82) is 0 Å². The summed E-state index contributed by atoms with van der Waals surface area (Å²) < 4.78 is 0. The molecule has 0 amide bonds. The van der Waals surface area contributed by atoms with Crippen LogP contribution in [0.3, 0.4) is 0 Å². The number of carbonyl (C=O) groups excluding carboxylic acids is 1. The Kier molecular flexibility index (Phi) is 3.02. The van der Waals surface area contributed by atoms with Crippen molar-refractivity contribution in [1.82, 2.24) is 0 Å². The molecule has 2 rings (SSSR count). The van der Waals surface area contributed by atoms with Crippen molar-refractivity contribution < 1.29 is 4.79 Å². The van der Waals surface area contributed by atoms with E-state index in [-0.39, 0.29) is 5.78 Å². The van der Waals surface area contributed by atoms with Crippen molar-refractivity contribution in [2.45, 2.75) is 20.3 Å². The molecule has 0 fully saturated rings. The van der Waals surface area contributed by atoms with Gasteiger partial charge in [-0.2, -0.15) is 0 Å². The largest absolute Gasteiger partial charge is 0.289 e. The van der Waals surface area contributed by atoms with Gasteiger partial charge in [0, 0.05) is 12.0 Å². The SMILES string of the molecule is C=C1Cc2ccccc2C1=O.CC. The number of allylic oxidation sites excluding steroid dienone is 1. The Hall–Kier alpha value is -1.37. The summed E-state index contributed by atoms with van der Waals surface area (Å²) in [4.78, 5) is 11.3. The highest BCUT2D eigenvalue weighted by atomic mass is 16.1. The Morgan fingerprint density at radius 2 is 1.85 bits per heavy atom. The lowest BCUT2D eigenvalue weighted by molar-refractivity contribution is 0.104. The molecule has 1 aliphatic carbocycles. The summed E-state index contributed by atoms with van der Waals surface area (Å²) in [5.74, 6) is 0.112. The van der Waals surface area contributed by atoms with Gasteiger partial charge in [0.15, 0.2) is 5.78 Å². The highest BCUT2D eigenvalue weighted by Crippen LogP contribution is 2.24. The van der Waals surface area contributed by atoms with E-state index in [4.69, 9.17) is 0 Å². The fourth-order valence-electron chi connectivity index (χ4n) is 1.40. The third kappa shape index (κ3) is 1.69. The Morgan fingerprint density at radius 3 is 2.46 bits per heavy atom. The van der Waals surface area contributed by atoms with E-state index in [1.165, 1.54) is 0 Å². The van der Waals surface area contributed by atoms with Gasteiger partial charge in [-0.3, -0.25) is 4.79 Å². The zero-order valence-corrected chi connectivity index (χ0v) is 8.13. The number of hydrogen-bond donors (Lipinski definition) is 0. The van der Waals surface area contributed by atoms with Crippen molar-refractivity contribution >= 4 is 5.78 Å². The molecule has 0 unspecified atom stereocenters. The average molecular weight is 174 g/mol. The summed E-state index contributed by atoms with van der Waals surface area (Å²) in [6.07, 6.45) is 0.731. The molecule has 1 heteroatoms. The lowest BCUT2D eigenvalue weighted by Crippen LogP contribution is -1.92. The van der Waals surface area contributed by atoms with Crippen LogP contribution in [-0.2, 0) is 6.42 Å². The van der Waals surface area contributed by atoms with Gasteiger partial charge in [-0.05, 0) is 11.1 Å². The minimum Gasteiger partial charge on any atom is -0.289 e. The first-order chi connectivity index (χ1) is 6.29. The van der Waals surface area contributed by atoms with Crippen LogP contribution in [0.15, 0.2) is 36.4 Å². The lowest BCUT2D eigenvalue weighted by atomic mass is 10.1. The van der Waals surface area contributed by atoms with Crippen molar-refractivity contribution in [3.8, 4) is 0 Å². The predicted molar refractivity (Wildman–Crippen MR) is 55.0 cm³/mol. The molecule has 13 heavy (non-hydrogen) atoms. The number of benzene rings is 1. The second kappa shape index (κ2) is 4.04. The Morgan fingerprint density at radius 1 is 1.23 bits per heavy atom. The van der Waals surface area contributed by atoms with E-state index in [9.17, 15) is 4.79 Å². The topological polar surface area (TPSA) is 17.1 Å². The molecule has 0 aromatic heterocycles. The van der Waals surface area contributed by atoms with Gasteiger partial charge in [0.1, 0.15) is 0 Å². The molecular weight excluding hydrogens is 160 g/mol. The van der Waals surface area contributed by atoms with Gasteiger partial charge in [-0.1, -0.05) is 44.7 Å². The molecule has 68 valence electrons. The summed E-state index contributed by atoms with van der Waals surface area (Å²) in [7, 11) is 0. The minimum atomic E-state index is 0.112. The smallest absolute Gasteiger partial charge is 0.189 e.